The van der Waals surface area contributed by atoms with Crippen LogP contribution in [0.1, 0.15) is 18.2 Å². The van der Waals surface area contributed by atoms with E-state index in [0.29, 0.717) is 18.5 Å². The summed E-state index contributed by atoms with van der Waals surface area (Å²) in [5.41, 5.74) is 3.19. The Balaban J connectivity index is 1.70. The number of hydrogen-bond acceptors (Lipinski definition) is 4. The molecule has 20 heavy (non-hydrogen) atoms. The van der Waals surface area contributed by atoms with Crippen molar-refractivity contribution in [2.75, 3.05) is 16.8 Å². The Hall–Kier alpha value is -2.30. The summed E-state index contributed by atoms with van der Waals surface area (Å²) in [6.45, 7) is 4.27. The van der Waals surface area contributed by atoms with Gasteiger partial charge in [-0.2, -0.15) is 0 Å². The molecule has 0 aliphatic carbocycles. The van der Waals surface area contributed by atoms with E-state index in [0.717, 1.165) is 17.8 Å². The van der Waals surface area contributed by atoms with Crippen LogP contribution in [0.4, 0.5) is 11.6 Å². The van der Waals surface area contributed by atoms with Gasteiger partial charge in [-0.05, 0) is 31.9 Å². The van der Waals surface area contributed by atoms with Crippen LogP contribution in [0.5, 0.6) is 0 Å². The van der Waals surface area contributed by atoms with Gasteiger partial charge in [0.05, 0.1) is 12.2 Å². The summed E-state index contributed by atoms with van der Waals surface area (Å²) >= 11 is 0. The molecule has 0 spiro atoms. The molecular formula is C15H17N3O2. The van der Waals surface area contributed by atoms with E-state index in [1.807, 2.05) is 19.1 Å². The SMILES string of the molecule is Cc1cc(NC(=O)CN2c3ccccc3C[C@@H]2C)on1. The number of benzene rings is 1. The van der Waals surface area contributed by atoms with Gasteiger partial charge >= 0.3 is 0 Å². The fourth-order valence-corrected chi connectivity index (χ4v) is 2.62. The van der Waals surface area contributed by atoms with Crippen LogP contribution in [0.3, 0.4) is 0 Å². The van der Waals surface area contributed by atoms with Gasteiger partial charge in [-0.25, -0.2) is 0 Å². The zero-order chi connectivity index (χ0) is 14.1. The standard InChI is InChI=1S/C15H17N3O2/c1-10-7-15(20-17-10)16-14(19)9-18-11(2)8-12-5-3-4-6-13(12)18/h3-7,11H,8-9H2,1-2H3,(H,16,19)/t11-/m0/s1. The molecule has 1 aliphatic heterocycles. The molecule has 0 radical (unpaired) electrons. The van der Waals surface area contributed by atoms with E-state index in [2.05, 4.69) is 34.4 Å². The van der Waals surface area contributed by atoms with Crippen molar-refractivity contribution in [3.8, 4) is 0 Å². The molecule has 0 fully saturated rings. The van der Waals surface area contributed by atoms with Crippen LogP contribution in [-0.4, -0.2) is 23.7 Å². The monoisotopic (exact) mass is 271 g/mol. The predicted octanol–water partition coefficient (Wildman–Crippen LogP) is 2.37. The van der Waals surface area contributed by atoms with Gasteiger partial charge in [-0.1, -0.05) is 23.4 Å². The number of amides is 1. The molecule has 0 bridgehead atoms. The number of fused-ring (bicyclic) bond motifs is 1. The topological polar surface area (TPSA) is 58.4 Å². The smallest absolute Gasteiger partial charge is 0.246 e. The first-order chi connectivity index (χ1) is 9.63. The Kier molecular flexibility index (Phi) is 3.18. The molecule has 104 valence electrons. The number of aromatic nitrogens is 1. The van der Waals surface area contributed by atoms with Gasteiger partial charge in [0.2, 0.25) is 11.8 Å². The largest absolute Gasteiger partial charge is 0.359 e. The van der Waals surface area contributed by atoms with E-state index in [9.17, 15) is 4.79 Å². The first-order valence-electron chi connectivity index (χ1n) is 6.71. The van der Waals surface area contributed by atoms with Crippen LogP contribution in [-0.2, 0) is 11.2 Å². The van der Waals surface area contributed by atoms with Gasteiger partial charge in [-0.3, -0.25) is 10.1 Å². The van der Waals surface area contributed by atoms with Gasteiger partial charge in [-0.15, -0.1) is 0 Å². The Bertz CT molecular complexity index is 636. The molecular weight excluding hydrogens is 254 g/mol. The predicted molar refractivity (Wildman–Crippen MR) is 76.8 cm³/mol. The van der Waals surface area contributed by atoms with E-state index in [1.54, 1.807) is 6.07 Å². The van der Waals surface area contributed by atoms with E-state index in [1.165, 1.54) is 5.56 Å². The molecule has 2 aromatic rings. The summed E-state index contributed by atoms with van der Waals surface area (Å²) < 4.78 is 5.00. The van der Waals surface area contributed by atoms with Crippen molar-refractivity contribution < 1.29 is 9.32 Å². The minimum absolute atomic E-state index is 0.0929. The van der Waals surface area contributed by atoms with Gasteiger partial charge in [0.1, 0.15) is 0 Å². The van der Waals surface area contributed by atoms with Crippen molar-refractivity contribution in [1.82, 2.24) is 5.16 Å². The number of carbonyl (C=O) groups is 1. The second-order valence-electron chi connectivity index (χ2n) is 5.19. The van der Waals surface area contributed by atoms with Crippen molar-refractivity contribution >= 4 is 17.5 Å². The molecule has 0 saturated heterocycles. The van der Waals surface area contributed by atoms with Crippen molar-refractivity contribution in [2.45, 2.75) is 26.3 Å². The molecule has 3 rings (SSSR count). The summed E-state index contributed by atoms with van der Waals surface area (Å²) in [5, 5.41) is 6.48. The van der Waals surface area contributed by atoms with Gasteiger partial charge in [0, 0.05) is 17.8 Å². The first-order valence-corrected chi connectivity index (χ1v) is 6.71. The van der Waals surface area contributed by atoms with Gasteiger partial charge < -0.3 is 9.42 Å². The Morgan fingerprint density at radius 2 is 2.30 bits per heavy atom. The lowest BCUT2D eigenvalue weighted by molar-refractivity contribution is -0.115. The molecule has 1 N–H and O–H groups in total. The summed E-state index contributed by atoms with van der Waals surface area (Å²) in [5.74, 6) is 0.303. The molecule has 1 amide bonds. The number of nitrogens with one attached hydrogen (secondary N) is 1. The lowest BCUT2D eigenvalue weighted by Gasteiger charge is -2.23. The summed E-state index contributed by atoms with van der Waals surface area (Å²) in [4.78, 5) is 14.2. The summed E-state index contributed by atoms with van der Waals surface area (Å²) in [6, 6.07) is 10.2. The van der Waals surface area contributed by atoms with E-state index < -0.39 is 0 Å². The van der Waals surface area contributed by atoms with Crippen molar-refractivity contribution in [3.05, 3.63) is 41.6 Å². The van der Waals surface area contributed by atoms with Gasteiger partial charge in [0.25, 0.3) is 0 Å². The molecule has 2 heterocycles. The van der Waals surface area contributed by atoms with E-state index in [-0.39, 0.29) is 5.91 Å². The molecule has 1 aromatic heterocycles. The Labute approximate surface area is 117 Å². The lowest BCUT2D eigenvalue weighted by atomic mass is 10.1. The Morgan fingerprint density at radius 3 is 3.05 bits per heavy atom. The van der Waals surface area contributed by atoms with Crippen LogP contribution in [0, 0.1) is 6.92 Å². The number of para-hydroxylation sites is 1. The fraction of sp³-hybridized carbons (Fsp3) is 0.333. The normalized spacial score (nSPS) is 17.1. The minimum Gasteiger partial charge on any atom is -0.359 e. The minimum atomic E-state index is -0.0929. The van der Waals surface area contributed by atoms with E-state index >= 15 is 0 Å². The third-order valence-electron chi connectivity index (χ3n) is 3.55. The van der Waals surface area contributed by atoms with Crippen LogP contribution < -0.4 is 10.2 Å². The van der Waals surface area contributed by atoms with E-state index in [4.69, 9.17) is 4.52 Å². The number of carbonyl (C=O) groups excluding carboxylic acids is 1. The third-order valence-corrected chi connectivity index (χ3v) is 3.55. The highest BCUT2D eigenvalue weighted by atomic mass is 16.5. The van der Waals surface area contributed by atoms with Crippen molar-refractivity contribution in [2.24, 2.45) is 0 Å². The molecule has 0 saturated carbocycles. The average Bonchev–Trinajstić information content (AvgIpc) is 2.94. The fourth-order valence-electron chi connectivity index (χ4n) is 2.62. The summed E-state index contributed by atoms with van der Waals surface area (Å²) in [7, 11) is 0. The summed E-state index contributed by atoms with van der Waals surface area (Å²) in [6.07, 6.45) is 0.977. The maximum Gasteiger partial charge on any atom is 0.246 e. The number of aryl methyl sites for hydroxylation is 1. The molecule has 1 atom stereocenters. The number of hydrogen-bond donors (Lipinski definition) is 1. The highest BCUT2D eigenvalue weighted by molar-refractivity contribution is 5.93. The van der Waals surface area contributed by atoms with Gasteiger partial charge in [0.15, 0.2) is 0 Å². The molecule has 5 heteroatoms. The van der Waals surface area contributed by atoms with Crippen molar-refractivity contribution in [1.29, 1.82) is 0 Å². The quantitative estimate of drug-likeness (QED) is 0.931. The van der Waals surface area contributed by atoms with Crippen LogP contribution in [0.15, 0.2) is 34.9 Å². The lowest BCUT2D eigenvalue weighted by Crippen LogP contribution is -2.37. The maximum absolute atomic E-state index is 12.1. The highest BCUT2D eigenvalue weighted by Gasteiger charge is 2.27. The van der Waals surface area contributed by atoms with Crippen LogP contribution >= 0.6 is 0 Å². The molecule has 1 aromatic carbocycles. The third kappa shape index (κ3) is 2.39. The highest BCUT2D eigenvalue weighted by Crippen LogP contribution is 2.31. The zero-order valence-electron chi connectivity index (χ0n) is 11.6. The van der Waals surface area contributed by atoms with Crippen LogP contribution in [0.25, 0.3) is 0 Å². The maximum atomic E-state index is 12.1. The second-order valence-corrected chi connectivity index (χ2v) is 5.19. The number of anilines is 2. The molecule has 5 nitrogen and oxygen atoms in total. The first kappa shape index (κ1) is 12.7. The second kappa shape index (κ2) is 5.00. The van der Waals surface area contributed by atoms with Crippen molar-refractivity contribution in [3.63, 3.8) is 0 Å². The molecule has 0 unspecified atom stereocenters. The Morgan fingerprint density at radius 1 is 1.50 bits per heavy atom. The van der Waals surface area contributed by atoms with Crippen LogP contribution in [0.2, 0.25) is 0 Å². The zero-order valence-corrected chi connectivity index (χ0v) is 11.6. The number of rotatable bonds is 3. The number of nitrogens with zero attached hydrogens (tertiary/aromatic N) is 2. The average molecular weight is 271 g/mol. The molecule has 1 aliphatic rings.